The molecular weight excluding hydrogens is 538 g/mol. The van der Waals surface area contributed by atoms with E-state index in [4.69, 9.17) is 44.6 Å². The Hall–Kier alpha value is -3.33. The Morgan fingerprint density at radius 2 is 1.35 bits per heavy atom. The lowest BCUT2D eigenvalue weighted by Crippen LogP contribution is -2.44. The minimum atomic E-state index is -0.688. The molecule has 0 heterocycles. The minimum absolute atomic E-state index is 0.0667. The number of nitrogens with one attached hydrogen (secondary N) is 1. The van der Waals surface area contributed by atoms with Gasteiger partial charge in [0.2, 0.25) is 6.54 Å². The number of amides is 2. The molecule has 0 fully saturated rings. The zero-order valence-corrected chi connectivity index (χ0v) is 25.9. The van der Waals surface area contributed by atoms with Crippen molar-refractivity contribution < 1.29 is 19.1 Å². The number of alkyl halides is 1. The lowest BCUT2D eigenvalue weighted by molar-refractivity contribution is 0.0165. The first-order chi connectivity index (χ1) is 18.7. The number of halogens is 1. The number of carbonyl (C=O) groups excluding carboxylic acids is 2. The summed E-state index contributed by atoms with van der Waals surface area (Å²) < 4.78 is 10.5. The third-order valence-corrected chi connectivity index (χ3v) is 3.69. The molecule has 0 rings (SSSR count). The molecule has 40 heavy (non-hydrogen) atoms. The van der Waals surface area contributed by atoms with Gasteiger partial charge in [-0.15, -0.1) is 11.6 Å². The quantitative estimate of drug-likeness (QED) is 0.142. The number of nitrogens with zero attached hydrogens (tertiary/aromatic N) is 6. The topological polar surface area (TPSA) is 179 Å². The van der Waals surface area contributed by atoms with Crippen LogP contribution in [0.5, 0.6) is 0 Å². The summed E-state index contributed by atoms with van der Waals surface area (Å²) in [5.74, 6) is 0. The number of rotatable bonds is 11. The van der Waals surface area contributed by atoms with Gasteiger partial charge in [0.15, 0.2) is 0 Å². The van der Waals surface area contributed by atoms with Gasteiger partial charge < -0.3 is 31.1 Å². The highest BCUT2D eigenvalue weighted by atomic mass is 35.5. The van der Waals surface area contributed by atoms with Gasteiger partial charge >= 0.3 is 12.2 Å². The fourth-order valence-corrected chi connectivity index (χ4v) is 2.10. The summed E-state index contributed by atoms with van der Waals surface area (Å²) in [6.45, 7) is 26.6. The van der Waals surface area contributed by atoms with Gasteiger partial charge in [0.1, 0.15) is 17.7 Å². The number of carbonyl (C=O) groups is 2. The molecule has 0 saturated heterocycles. The first-order valence-electron chi connectivity index (χ1n) is 12.6. The van der Waals surface area contributed by atoms with Crippen LogP contribution in [-0.4, -0.2) is 98.6 Å². The molecule has 2 amide bonds. The molecule has 14 heteroatoms. The van der Waals surface area contributed by atoms with Crippen LogP contribution in [0.25, 0.3) is 9.69 Å². The molecule has 5 N–H and O–H groups in total. The second-order valence-electron chi connectivity index (χ2n) is 9.60. The summed E-state index contributed by atoms with van der Waals surface area (Å²) in [4.78, 5) is 32.9. The molecule has 0 radical (unpaired) electrons. The van der Waals surface area contributed by atoms with Crippen molar-refractivity contribution >= 4 is 23.8 Å². The van der Waals surface area contributed by atoms with Gasteiger partial charge in [-0.3, -0.25) is 9.74 Å². The zero-order chi connectivity index (χ0) is 32.0. The van der Waals surface area contributed by atoms with Crippen LogP contribution in [0.1, 0.15) is 54.4 Å². The van der Waals surface area contributed by atoms with E-state index in [0.29, 0.717) is 26.2 Å². The van der Waals surface area contributed by atoms with Gasteiger partial charge in [-0.05, 0) is 54.5 Å². The first kappa shape index (κ1) is 43.7. The highest BCUT2D eigenvalue weighted by Gasteiger charge is 2.26. The van der Waals surface area contributed by atoms with E-state index in [9.17, 15) is 9.59 Å². The van der Waals surface area contributed by atoms with E-state index in [1.165, 1.54) is 16.2 Å². The summed E-state index contributed by atoms with van der Waals surface area (Å²) in [7, 11) is 0. The van der Waals surface area contributed by atoms with Crippen LogP contribution in [0, 0.1) is 35.8 Å². The van der Waals surface area contributed by atoms with E-state index in [0.717, 1.165) is 19.4 Å². The second-order valence-corrected chi connectivity index (χ2v) is 9.60. The maximum absolute atomic E-state index is 12.1. The summed E-state index contributed by atoms with van der Waals surface area (Å²) in [6, 6.07) is 3.87. The molecular formula is C26H48ClN9O4. The van der Waals surface area contributed by atoms with E-state index in [-0.39, 0.29) is 26.3 Å². The van der Waals surface area contributed by atoms with E-state index in [1.807, 2.05) is 12.1 Å². The van der Waals surface area contributed by atoms with Gasteiger partial charge in [0, 0.05) is 39.0 Å². The molecule has 0 aliphatic heterocycles. The molecule has 0 aromatic carbocycles. The third-order valence-electron chi connectivity index (χ3n) is 3.69. The maximum Gasteiger partial charge on any atom is 0.416 e. The Morgan fingerprint density at radius 3 is 1.73 bits per heavy atom. The van der Waals surface area contributed by atoms with Crippen molar-refractivity contribution in [3.63, 3.8) is 0 Å². The SMILES string of the molecule is CCl.NCCN.[C-]#[N+]CCCCNCC#N.[C-]#[N+]CN(CCN(CC#N)C(=O)OC(C)(C)C)C(=O)OC(C)(C)C. The average Bonchev–Trinajstić information content (AvgIpc) is 2.87. The molecule has 0 atom stereocenters. The number of unbranched alkanes of at least 4 members (excludes halogenated alkanes) is 1. The molecule has 0 aromatic rings. The number of ether oxygens (including phenoxy) is 2. The Balaban J connectivity index is -0.000000332. The van der Waals surface area contributed by atoms with Crippen molar-refractivity contribution in [3.8, 4) is 12.1 Å². The van der Waals surface area contributed by atoms with Gasteiger partial charge in [0.25, 0.3) is 6.67 Å². The second kappa shape index (κ2) is 28.7. The molecule has 13 nitrogen and oxygen atoms in total. The highest BCUT2D eigenvalue weighted by Crippen LogP contribution is 2.12. The van der Waals surface area contributed by atoms with Gasteiger partial charge in [-0.2, -0.15) is 10.5 Å². The minimum Gasteiger partial charge on any atom is -0.444 e. The highest BCUT2D eigenvalue weighted by molar-refractivity contribution is 6.15. The summed E-state index contributed by atoms with van der Waals surface area (Å²) in [5.41, 5.74) is 8.43. The van der Waals surface area contributed by atoms with E-state index >= 15 is 0 Å². The van der Waals surface area contributed by atoms with Crippen LogP contribution >= 0.6 is 11.6 Å². The fourth-order valence-electron chi connectivity index (χ4n) is 2.10. The van der Waals surface area contributed by atoms with Gasteiger partial charge in [0.05, 0.1) is 18.7 Å². The Bertz CT molecular complexity index is 749. The predicted octanol–water partition coefficient (Wildman–Crippen LogP) is 3.42. The summed E-state index contributed by atoms with van der Waals surface area (Å²) in [5, 5.41) is 19.9. The monoisotopic (exact) mass is 585 g/mol. The summed E-state index contributed by atoms with van der Waals surface area (Å²) in [6.07, 6.45) is 2.11. The van der Waals surface area contributed by atoms with Crippen LogP contribution in [0.15, 0.2) is 0 Å². The number of nitrogens with two attached hydrogens (primary N) is 2. The van der Waals surface area contributed by atoms with Crippen LogP contribution in [-0.2, 0) is 9.47 Å². The Morgan fingerprint density at radius 1 is 0.875 bits per heavy atom. The lowest BCUT2D eigenvalue weighted by Gasteiger charge is -2.28. The molecule has 0 saturated carbocycles. The van der Waals surface area contributed by atoms with Crippen molar-refractivity contribution in [2.24, 2.45) is 11.5 Å². The van der Waals surface area contributed by atoms with Gasteiger partial charge in [-0.25, -0.2) is 27.6 Å². The third kappa shape index (κ3) is 34.7. The smallest absolute Gasteiger partial charge is 0.416 e. The fraction of sp³-hybridized carbons (Fsp3) is 0.769. The number of nitriles is 2. The molecule has 0 bridgehead atoms. The van der Waals surface area contributed by atoms with E-state index < -0.39 is 23.4 Å². The Kier molecular flexibility index (Phi) is 31.3. The summed E-state index contributed by atoms with van der Waals surface area (Å²) >= 11 is 4.64. The molecule has 0 aromatic heterocycles. The van der Waals surface area contributed by atoms with Gasteiger partial charge in [-0.1, -0.05) is 0 Å². The molecule has 0 spiro atoms. The molecule has 0 aliphatic rings. The maximum atomic E-state index is 12.1. The Labute approximate surface area is 245 Å². The van der Waals surface area contributed by atoms with Crippen molar-refractivity contribution in [2.45, 2.75) is 65.6 Å². The predicted molar refractivity (Wildman–Crippen MR) is 157 cm³/mol. The van der Waals surface area contributed by atoms with E-state index in [1.54, 1.807) is 41.5 Å². The normalized spacial score (nSPS) is 9.55. The average molecular weight is 586 g/mol. The van der Waals surface area contributed by atoms with Crippen molar-refractivity contribution in [3.05, 3.63) is 22.8 Å². The lowest BCUT2D eigenvalue weighted by atomic mass is 10.2. The van der Waals surface area contributed by atoms with Crippen LogP contribution in [0.2, 0.25) is 0 Å². The standard InChI is InChI=1S/C16H26N4O4.C7H11N3.C2H8N2.CH3Cl/c1-15(2,3)23-13(21)19(9-8-17)10-11-20(12-18-7)14(22)24-16(4,5)6;1-9-5-2-3-6-10-7-4-8;3-1-2-4;1-2/h9-12H2,1-6H3;10H,2-3,5-7H2;1-4H2;1H3. The molecule has 0 aliphatic carbocycles. The van der Waals surface area contributed by atoms with Crippen LogP contribution in [0.4, 0.5) is 9.59 Å². The zero-order valence-electron chi connectivity index (χ0n) is 25.1. The number of hydrogen-bond acceptors (Lipinski definition) is 9. The molecule has 0 unspecified atom stereocenters. The van der Waals surface area contributed by atoms with Crippen LogP contribution in [0.3, 0.4) is 0 Å². The molecule has 228 valence electrons. The van der Waals surface area contributed by atoms with Crippen molar-refractivity contribution in [1.82, 2.24) is 15.1 Å². The largest absolute Gasteiger partial charge is 0.444 e. The van der Waals surface area contributed by atoms with E-state index in [2.05, 4.69) is 26.6 Å². The number of hydrogen-bond donors (Lipinski definition) is 3. The first-order valence-corrected chi connectivity index (χ1v) is 13.3. The van der Waals surface area contributed by atoms with Crippen molar-refractivity contribution in [1.29, 1.82) is 10.5 Å². The van der Waals surface area contributed by atoms with Crippen molar-refractivity contribution in [2.75, 3.05) is 65.4 Å². The van der Waals surface area contributed by atoms with Crippen LogP contribution < -0.4 is 16.8 Å².